The fourth-order valence-corrected chi connectivity index (χ4v) is 1.60. The van der Waals surface area contributed by atoms with Crippen LogP contribution in [0.1, 0.15) is 17.7 Å². The summed E-state index contributed by atoms with van der Waals surface area (Å²) in [5.74, 6) is -0.982. The Balaban J connectivity index is 3.42. The Kier molecular flexibility index (Phi) is 3.17. The van der Waals surface area contributed by atoms with Crippen LogP contribution in [-0.2, 0) is 6.18 Å². The molecule has 1 aromatic rings. The molecule has 0 aliphatic rings. The zero-order valence-electron chi connectivity index (χ0n) is 6.82. The summed E-state index contributed by atoms with van der Waals surface area (Å²) < 4.78 is 60.2. The molecule has 1 N–H and O–H groups in total. The van der Waals surface area contributed by atoms with Crippen LogP contribution in [0.5, 0.6) is 5.75 Å². The van der Waals surface area contributed by atoms with E-state index in [1.54, 1.807) is 0 Å². The molecular formula is C7H3BrF5NO. The molecule has 0 atom stereocenters. The van der Waals surface area contributed by atoms with E-state index < -0.39 is 34.1 Å². The van der Waals surface area contributed by atoms with Crippen LogP contribution in [0.4, 0.5) is 22.0 Å². The second-order valence-electron chi connectivity index (χ2n) is 2.52. The molecule has 0 bridgehead atoms. The van der Waals surface area contributed by atoms with Crippen molar-refractivity contribution in [3.8, 4) is 5.75 Å². The van der Waals surface area contributed by atoms with Crippen molar-refractivity contribution in [2.45, 2.75) is 12.6 Å². The number of aromatic hydroxyl groups is 1. The van der Waals surface area contributed by atoms with Crippen LogP contribution in [0.3, 0.4) is 0 Å². The van der Waals surface area contributed by atoms with E-state index in [4.69, 9.17) is 5.11 Å². The number of pyridine rings is 1. The largest absolute Gasteiger partial charge is 0.506 e. The maximum atomic E-state index is 12.3. The number of alkyl halides is 5. The monoisotopic (exact) mass is 291 g/mol. The van der Waals surface area contributed by atoms with E-state index in [-0.39, 0.29) is 0 Å². The first-order valence-corrected chi connectivity index (χ1v) is 4.27. The number of aromatic nitrogens is 1. The summed E-state index contributed by atoms with van der Waals surface area (Å²) in [4.78, 5) is 2.84. The van der Waals surface area contributed by atoms with Gasteiger partial charge in [-0.05, 0) is 15.9 Å². The van der Waals surface area contributed by atoms with Gasteiger partial charge in [0.25, 0.3) is 6.43 Å². The number of hydrogen-bond donors (Lipinski definition) is 1. The Morgan fingerprint density at radius 2 is 1.87 bits per heavy atom. The topological polar surface area (TPSA) is 33.1 Å². The highest BCUT2D eigenvalue weighted by molar-refractivity contribution is 9.10. The standard InChI is InChI=1S/C7H3BrF5NO/c8-4-3(6(9)10)2(15)1-14-5(4)7(11,12)13/h1,6,15H. The Bertz CT molecular complexity index is 378. The third-order valence-electron chi connectivity index (χ3n) is 1.52. The van der Waals surface area contributed by atoms with E-state index in [9.17, 15) is 22.0 Å². The zero-order chi connectivity index (χ0) is 11.8. The average Bonchev–Trinajstić information content (AvgIpc) is 2.00. The summed E-state index contributed by atoms with van der Waals surface area (Å²) in [5.41, 5.74) is -2.60. The van der Waals surface area contributed by atoms with Crippen molar-refractivity contribution in [1.29, 1.82) is 0 Å². The average molecular weight is 292 g/mol. The smallest absolute Gasteiger partial charge is 0.434 e. The molecule has 1 rings (SSSR count). The van der Waals surface area contributed by atoms with Crippen molar-refractivity contribution in [3.63, 3.8) is 0 Å². The first-order chi connectivity index (χ1) is 6.75. The fourth-order valence-electron chi connectivity index (χ4n) is 0.897. The SMILES string of the molecule is Oc1cnc(C(F)(F)F)c(Br)c1C(F)F. The number of hydrogen-bond acceptors (Lipinski definition) is 2. The third kappa shape index (κ3) is 2.36. The molecule has 0 unspecified atom stereocenters. The third-order valence-corrected chi connectivity index (χ3v) is 2.33. The van der Waals surface area contributed by atoms with E-state index in [0.717, 1.165) is 0 Å². The van der Waals surface area contributed by atoms with Gasteiger partial charge in [0.2, 0.25) is 0 Å². The Morgan fingerprint density at radius 1 is 1.33 bits per heavy atom. The summed E-state index contributed by atoms with van der Waals surface area (Å²) in [7, 11) is 0. The maximum absolute atomic E-state index is 12.3. The zero-order valence-corrected chi connectivity index (χ0v) is 8.40. The van der Waals surface area contributed by atoms with Gasteiger partial charge in [-0.25, -0.2) is 13.8 Å². The quantitative estimate of drug-likeness (QED) is 0.803. The van der Waals surface area contributed by atoms with Crippen molar-refractivity contribution in [1.82, 2.24) is 4.98 Å². The molecule has 1 heterocycles. The van der Waals surface area contributed by atoms with Crippen molar-refractivity contribution >= 4 is 15.9 Å². The number of nitrogens with zero attached hydrogens (tertiary/aromatic N) is 1. The molecule has 0 amide bonds. The second kappa shape index (κ2) is 3.92. The van der Waals surface area contributed by atoms with Crippen LogP contribution in [0.2, 0.25) is 0 Å². The molecule has 8 heteroatoms. The molecule has 0 spiro atoms. The van der Waals surface area contributed by atoms with Crippen LogP contribution in [0.15, 0.2) is 10.7 Å². The van der Waals surface area contributed by atoms with Gasteiger partial charge in [-0.3, -0.25) is 0 Å². The molecule has 0 aliphatic carbocycles. The predicted octanol–water partition coefficient (Wildman–Crippen LogP) is 3.51. The number of halogens is 6. The van der Waals surface area contributed by atoms with Crippen LogP contribution >= 0.6 is 15.9 Å². The van der Waals surface area contributed by atoms with Gasteiger partial charge >= 0.3 is 6.18 Å². The predicted molar refractivity (Wildman–Crippen MR) is 43.6 cm³/mol. The first-order valence-electron chi connectivity index (χ1n) is 3.48. The van der Waals surface area contributed by atoms with E-state index in [0.29, 0.717) is 6.20 Å². The maximum Gasteiger partial charge on any atom is 0.434 e. The molecule has 0 saturated heterocycles. The lowest BCUT2D eigenvalue weighted by atomic mass is 10.2. The molecular weight excluding hydrogens is 289 g/mol. The van der Waals surface area contributed by atoms with Crippen molar-refractivity contribution in [3.05, 3.63) is 21.9 Å². The van der Waals surface area contributed by atoms with Gasteiger partial charge in [-0.1, -0.05) is 0 Å². The lowest BCUT2D eigenvalue weighted by Crippen LogP contribution is -2.10. The van der Waals surface area contributed by atoms with Crippen LogP contribution < -0.4 is 0 Å². The Morgan fingerprint density at radius 3 is 2.27 bits per heavy atom. The molecule has 0 aromatic carbocycles. The summed E-state index contributed by atoms with van der Waals surface area (Å²) in [5, 5.41) is 8.91. The normalized spacial score (nSPS) is 12.2. The summed E-state index contributed by atoms with van der Waals surface area (Å²) in [6, 6.07) is 0. The highest BCUT2D eigenvalue weighted by atomic mass is 79.9. The Hall–Kier alpha value is -0.920. The highest BCUT2D eigenvalue weighted by Crippen LogP contribution is 2.41. The van der Waals surface area contributed by atoms with Gasteiger partial charge in [0.1, 0.15) is 5.75 Å². The van der Waals surface area contributed by atoms with Crippen LogP contribution in [0.25, 0.3) is 0 Å². The highest BCUT2D eigenvalue weighted by Gasteiger charge is 2.37. The van der Waals surface area contributed by atoms with Gasteiger partial charge in [-0.2, -0.15) is 13.2 Å². The van der Waals surface area contributed by atoms with Crippen LogP contribution in [0, 0.1) is 0 Å². The lowest BCUT2D eigenvalue weighted by Gasteiger charge is -2.12. The minimum atomic E-state index is -4.85. The first kappa shape index (κ1) is 12.2. The van der Waals surface area contributed by atoms with E-state index >= 15 is 0 Å². The van der Waals surface area contributed by atoms with Gasteiger partial charge < -0.3 is 5.11 Å². The number of rotatable bonds is 1. The summed E-state index contributed by atoms with van der Waals surface area (Å²) in [6.07, 6.45) is -7.73. The van der Waals surface area contributed by atoms with E-state index in [1.807, 2.05) is 0 Å². The van der Waals surface area contributed by atoms with Crippen molar-refractivity contribution in [2.24, 2.45) is 0 Å². The molecule has 1 aromatic heterocycles. The minimum Gasteiger partial charge on any atom is -0.506 e. The molecule has 0 fully saturated rings. The van der Waals surface area contributed by atoms with Crippen molar-refractivity contribution in [2.75, 3.05) is 0 Å². The van der Waals surface area contributed by atoms with E-state index in [1.165, 1.54) is 0 Å². The molecule has 15 heavy (non-hydrogen) atoms. The summed E-state index contributed by atoms with van der Waals surface area (Å²) >= 11 is 2.35. The lowest BCUT2D eigenvalue weighted by molar-refractivity contribution is -0.142. The Labute approximate surface area is 88.9 Å². The fraction of sp³-hybridized carbons (Fsp3) is 0.286. The van der Waals surface area contributed by atoms with Gasteiger partial charge in [0, 0.05) is 0 Å². The van der Waals surface area contributed by atoms with Gasteiger partial charge in [-0.15, -0.1) is 0 Å². The van der Waals surface area contributed by atoms with Crippen LogP contribution in [-0.4, -0.2) is 10.1 Å². The molecule has 0 aliphatic heterocycles. The summed E-state index contributed by atoms with van der Waals surface area (Å²) in [6.45, 7) is 0. The van der Waals surface area contributed by atoms with Gasteiger partial charge in [0.15, 0.2) is 5.69 Å². The minimum absolute atomic E-state index is 0.342. The molecule has 0 radical (unpaired) electrons. The molecule has 0 saturated carbocycles. The van der Waals surface area contributed by atoms with Crippen molar-refractivity contribution < 1.29 is 27.1 Å². The van der Waals surface area contributed by atoms with Gasteiger partial charge in [0.05, 0.1) is 16.2 Å². The second-order valence-corrected chi connectivity index (χ2v) is 3.31. The molecule has 84 valence electrons. The molecule has 2 nitrogen and oxygen atoms in total. The van der Waals surface area contributed by atoms with E-state index in [2.05, 4.69) is 20.9 Å².